The van der Waals surface area contributed by atoms with Crippen molar-refractivity contribution >= 4 is 39.8 Å². The predicted octanol–water partition coefficient (Wildman–Crippen LogP) is 2.08. The Morgan fingerprint density at radius 3 is 2.20 bits per heavy atom. The van der Waals surface area contributed by atoms with Gasteiger partial charge >= 0.3 is 0 Å². The largest absolute Gasteiger partial charge is 0.354 e. The zero-order valence-electron chi connectivity index (χ0n) is 14.2. The van der Waals surface area contributed by atoms with Crippen LogP contribution in [0.15, 0.2) is 24.3 Å². The van der Waals surface area contributed by atoms with Crippen molar-refractivity contribution in [3.05, 3.63) is 34.9 Å². The van der Waals surface area contributed by atoms with Gasteiger partial charge in [-0.3, -0.25) is 4.79 Å². The maximum Gasteiger partial charge on any atom is 0.241 e. The monoisotopic (exact) mass is 406 g/mol. The highest BCUT2D eigenvalue weighted by Gasteiger charge is 2.50. The highest BCUT2D eigenvalue weighted by molar-refractivity contribution is 7.92. The third-order valence-corrected chi connectivity index (χ3v) is 7.70. The molecular formula is C17H24Cl2N2O3S. The maximum absolute atomic E-state index is 12.8. The number of amides is 1. The van der Waals surface area contributed by atoms with Crippen LogP contribution in [0.25, 0.3) is 0 Å². The van der Waals surface area contributed by atoms with Crippen LogP contribution < -0.4 is 10.6 Å². The lowest BCUT2D eigenvalue weighted by Gasteiger charge is -2.35. The average molecular weight is 407 g/mol. The molecule has 1 heterocycles. The van der Waals surface area contributed by atoms with Gasteiger partial charge in [0.15, 0.2) is 14.6 Å². The molecule has 1 saturated heterocycles. The number of carbonyl (C=O) groups excluding carboxylic acids is 1. The summed E-state index contributed by atoms with van der Waals surface area (Å²) in [6, 6.07) is 7.67. The van der Waals surface area contributed by atoms with Crippen LogP contribution in [0.2, 0.25) is 5.02 Å². The molecule has 140 valence electrons. The molecule has 0 bridgehead atoms. The Morgan fingerprint density at radius 1 is 1.16 bits per heavy atom. The van der Waals surface area contributed by atoms with Crippen molar-refractivity contribution in [2.24, 2.45) is 0 Å². The van der Waals surface area contributed by atoms with Gasteiger partial charge in [-0.25, -0.2) is 8.42 Å². The van der Waals surface area contributed by atoms with Gasteiger partial charge < -0.3 is 10.6 Å². The lowest BCUT2D eigenvalue weighted by Crippen LogP contribution is -2.58. The lowest BCUT2D eigenvalue weighted by molar-refractivity contribution is -0.124. The Hall–Kier alpha value is -0.820. The van der Waals surface area contributed by atoms with E-state index in [-0.39, 0.29) is 23.7 Å². The van der Waals surface area contributed by atoms with Gasteiger partial charge in [-0.1, -0.05) is 23.7 Å². The summed E-state index contributed by atoms with van der Waals surface area (Å²) in [4.78, 5) is 12.8. The summed E-state index contributed by atoms with van der Waals surface area (Å²) in [5.74, 6) is -0.355. The van der Waals surface area contributed by atoms with Crippen LogP contribution in [-0.4, -0.2) is 45.0 Å². The molecule has 1 aromatic rings. The second-order valence-corrected chi connectivity index (χ2v) is 9.75. The number of hydrogen-bond acceptors (Lipinski definition) is 4. The molecule has 0 radical (unpaired) electrons. The minimum atomic E-state index is -3.47. The fourth-order valence-electron chi connectivity index (χ4n) is 3.53. The molecule has 8 heteroatoms. The predicted molar refractivity (Wildman–Crippen MR) is 102 cm³/mol. The molecule has 0 unspecified atom stereocenters. The molecule has 1 amide bonds. The fraction of sp³-hybridized carbons (Fsp3) is 0.588. The Kier molecular flexibility index (Phi) is 6.09. The molecule has 2 N–H and O–H groups in total. The molecule has 5 nitrogen and oxygen atoms in total. The summed E-state index contributed by atoms with van der Waals surface area (Å²) in [7, 11) is -3.47. The Bertz CT molecular complexity index is 725. The standard InChI is InChI=1S/C17H23ClN2O3S.ClH/c1-24(22,23)17(8-10-19-11-9-17)15(21)20-12-16(6-7-16)13-2-4-14(18)5-3-13;/h2-5,19H,6-12H2,1H3,(H,20,21);1H. The third-order valence-electron chi connectivity index (χ3n) is 5.43. The van der Waals surface area contributed by atoms with Crippen molar-refractivity contribution in [1.29, 1.82) is 0 Å². The molecule has 1 aliphatic heterocycles. The van der Waals surface area contributed by atoms with Gasteiger partial charge in [0.1, 0.15) is 0 Å². The van der Waals surface area contributed by atoms with Gasteiger partial charge in [-0.2, -0.15) is 0 Å². The number of sulfone groups is 1. The van der Waals surface area contributed by atoms with Gasteiger partial charge in [0.25, 0.3) is 0 Å². The van der Waals surface area contributed by atoms with E-state index in [0.717, 1.165) is 18.4 Å². The van der Waals surface area contributed by atoms with Gasteiger partial charge in [0.2, 0.25) is 5.91 Å². The smallest absolute Gasteiger partial charge is 0.241 e. The van der Waals surface area contributed by atoms with E-state index < -0.39 is 14.6 Å². The van der Waals surface area contributed by atoms with Crippen molar-refractivity contribution in [3.63, 3.8) is 0 Å². The maximum atomic E-state index is 12.8. The molecule has 0 atom stereocenters. The minimum absolute atomic E-state index is 0. The minimum Gasteiger partial charge on any atom is -0.354 e. The van der Waals surface area contributed by atoms with Crippen molar-refractivity contribution in [1.82, 2.24) is 10.6 Å². The quantitative estimate of drug-likeness (QED) is 0.784. The van der Waals surface area contributed by atoms with Gasteiger partial charge in [0.05, 0.1) is 0 Å². The van der Waals surface area contributed by atoms with E-state index in [0.29, 0.717) is 37.5 Å². The van der Waals surface area contributed by atoms with Crippen LogP contribution in [0.1, 0.15) is 31.2 Å². The first-order valence-electron chi connectivity index (χ1n) is 8.24. The summed E-state index contributed by atoms with van der Waals surface area (Å²) in [6.07, 6.45) is 3.80. The summed E-state index contributed by atoms with van der Waals surface area (Å²) >= 11 is 5.94. The van der Waals surface area contributed by atoms with E-state index >= 15 is 0 Å². The van der Waals surface area contributed by atoms with Crippen LogP contribution in [0.5, 0.6) is 0 Å². The van der Waals surface area contributed by atoms with E-state index in [1.165, 1.54) is 6.26 Å². The Morgan fingerprint density at radius 2 is 1.72 bits per heavy atom. The lowest BCUT2D eigenvalue weighted by atomic mass is 9.93. The number of halogens is 2. The average Bonchev–Trinajstić information content (AvgIpc) is 3.34. The normalized spacial score (nSPS) is 21.0. The van der Waals surface area contributed by atoms with Gasteiger partial charge in [0, 0.05) is 23.2 Å². The molecular weight excluding hydrogens is 383 g/mol. The third kappa shape index (κ3) is 3.97. The molecule has 0 aromatic heterocycles. The van der Waals surface area contributed by atoms with Crippen LogP contribution in [0, 0.1) is 0 Å². The van der Waals surface area contributed by atoms with Crippen molar-refractivity contribution in [2.45, 2.75) is 35.8 Å². The zero-order valence-corrected chi connectivity index (χ0v) is 16.6. The van der Waals surface area contributed by atoms with Crippen LogP contribution in [0.3, 0.4) is 0 Å². The van der Waals surface area contributed by atoms with Gasteiger partial charge in [-0.15, -0.1) is 12.4 Å². The molecule has 0 spiro atoms. The Balaban J connectivity index is 0.00000225. The van der Waals surface area contributed by atoms with E-state index in [4.69, 9.17) is 11.6 Å². The molecule has 2 fully saturated rings. The van der Waals surface area contributed by atoms with E-state index in [2.05, 4.69) is 10.6 Å². The molecule has 1 aromatic carbocycles. The van der Waals surface area contributed by atoms with E-state index in [1.807, 2.05) is 24.3 Å². The van der Waals surface area contributed by atoms with Crippen LogP contribution >= 0.6 is 24.0 Å². The van der Waals surface area contributed by atoms with E-state index in [1.54, 1.807) is 0 Å². The number of carbonyl (C=O) groups is 1. The summed E-state index contributed by atoms with van der Waals surface area (Å²) in [5.41, 5.74) is 1.07. The Labute approximate surface area is 160 Å². The topological polar surface area (TPSA) is 75.3 Å². The van der Waals surface area contributed by atoms with Crippen molar-refractivity contribution in [2.75, 3.05) is 25.9 Å². The number of benzene rings is 1. The molecule has 25 heavy (non-hydrogen) atoms. The van der Waals surface area contributed by atoms with Gasteiger partial charge in [-0.05, 0) is 56.5 Å². The first-order chi connectivity index (χ1) is 11.3. The number of piperidine rings is 1. The van der Waals surface area contributed by atoms with Crippen LogP contribution in [-0.2, 0) is 20.0 Å². The number of nitrogens with one attached hydrogen (secondary N) is 2. The highest BCUT2D eigenvalue weighted by Crippen LogP contribution is 2.48. The van der Waals surface area contributed by atoms with Crippen LogP contribution in [0.4, 0.5) is 0 Å². The second-order valence-electron chi connectivity index (χ2n) is 6.99. The van der Waals surface area contributed by atoms with Crippen molar-refractivity contribution in [3.8, 4) is 0 Å². The highest BCUT2D eigenvalue weighted by atomic mass is 35.5. The number of rotatable bonds is 5. The zero-order chi connectivity index (χ0) is 17.4. The SMILES string of the molecule is CS(=O)(=O)C1(C(=O)NCC2(c3ccc(Cl)cc3)CC2)CCNCC1.Cl. The first-order valence-corrected chi connectivity index (χ1v) is 10.5. The van der Waals surface area contributed by atoms with Crippen molar-refractivity contribution < 1.29 is 13.2 Å². The first kappa shape index (κ1) is 20.5. The molecule has 1 aliphatic carbocycles. The molecule has 3 rings (SSSR count). The second kappa shape index (κ2) is 7.43. The molecule has 1 saturated carbocycles. The fourth-order valence-corrected chi connectivity index (χ4v) is 5.01. The number of hydrogen-bond donors (Lipinski definition) is 2. The molecule has 2 aliphatic rings. The summed E-state index contributed by atoms with van der Waals surface area (Å²) < 4.78 is 23.3. The summed E-state index contributed by atoms with van der Waals surface area (Å²) in [6.45, 7) is 1.56. The summed E-state index contributed by atoms with van der Waals surface area (Å²) in [5, 5.41) is 6.75. The van der Waals surface area contributed by atoms with E-state index in [9.17, 15) is 13.2 Å².